The molecule has 0 bridgehead atoms. The van der Waals surface area contributed by atoms with Crippen LogP contribution in [0, 0.1) is 0 Å². The van der Waals surface area contributed by atoms with Crippen LogP contribution in [-0.4, -0.2) is 64.1 Å². The van der Waals surface area contributed by atoms with E-state index in [1.165, 1.54) is 11.3 Å². The highest BCUT2D eigenvalue weighted by atomic mass is 16.5. The normalized spacial score (nSPS) is 18.2. The van der Waals surface area contributed by atoms with Crippen molar-refractivity contribution < 1.29 is 4.74 Å². The molecule has 8 heteroatoms. The third-order valence-electron chi connectivity index (χ3n) is 6.71. The van der Waals surface area contributed by atoms with Crippen LogP contribution in [0.1, 0.15) is 23.9 Å². The van der Waals surface area contributed by atoms with Gasteiger partial charge in [-0.3, -0.25) is 9.67 Å². The van der Waals surface area contributed by atoms with Gasteiger partial charge < -0.3 is 15.0 Å². The van der Waals surface area contributed by atoms with Crippen LogP contribution in [0.25, 0.3) is 22.5 Å². The van der Waals surface area contributed by atoms with Crippen molar-refractivity contribution in [3.8, 4) is 22.5 Å². The van der Waals surface area contributed by atoms with Crippen molar-refractivity contribution in [3.05, 3.63) is 78.6 Å². The van der Waals surface area contributed by atoms with Gasteiger partial charge >= 0.3 is 0 Å². The Morgan fingerprint density at radius 3 is 2.69 bits per heavy atom. The summed E-state index contributed by atoms with van der Waals surface area (Å²) in [6.07, 6.45) is 9.21. The molecule has 1 atom stereocenters. The molecule has 1 unspecified atom stereocenters. The lowest BCUT2D eigenvalue weighted by Crippen LogP contribution is -2.43. The Kier molecular flexibility index (Phi) is 6.21. The summed E-state index contributed by atoms with van der Waals surface area (Å²) < 4.78 is 7.63. The average molecular weight is 468 g/mol. The predicted octanol–water partition coefficient (Wildman–Crippen LogP) is 3.36. The van der Waals surface area contributed by atoms with Gasteiger partial charge in [0.15, 0.2) is 0 Å². The highest BCUT2D eigenvalue weighted by Crippen LogP contribution is 2.32. The summed E-state index contributed by atoms with van der Waals surface area (Å²) in [5.41, 5.74) is 6.19. The first-order valence-corrected chi connectivity index (χ1v) is 12.3. The van der Waals surface area contributed by atoms with Crippen LogP contribution < -0.4 is 10.2 Å². The van der Waals surface area contributed by atoms with Crippen molar-refractivity contribution in [2.75, 3.05) is 44.3 Å². The topological polar surface area (TPSA) is 81.0 Å². The number of piperazine rings is 1. The van der Waals surface area contributed by atoms with Crippen molar-refractivity contribution in [2.45, 2.75) is 18.9 Å². The van der Waals surface area contributed by atoms with Gasteiger partial charge in [0.2, 0.25) is 0 Å². The molecule has 0 radical (unpaired) electrons. The first-order chi connectivity index (χ1) is 17.3. The third-order valence-corrected chi connectivity index (χ3v) is 6.71. The fourth-order valence-corrected chi connectivity index (χ4v) is 4.78. The quantitative estimate of drug-likeness (QED) is 0.466. The molecular weight excluding hydrogens is 438 g/mol. The summed E-state index contributed by atoms with van der Waals surface area (Å²) in [5, 5.41) is 8.34. The molecule has 2 fully saturated rings. The Morgan fingerprint density at radius 1 is 1.03 bits per heavy atom. The summed E-state index contributed by atoms with van der Waals surface area (Å²) in [7, 11) is 0. The first kappa shape index (κ1) is 21.9. The zero-order valence-electron chi connectivity index (χ0n) is 19.7. The Labute approximate surface area is 205 Å². The van der Waals surface area contributed by atoms with Gasteiger partial charge in [0, 0.05) is 80.8 Å². The van der Waals surface area contributed by atoms with E-state index in [9.17, 15) is 0 Å². The minimum atomic E-state index is 0.245. The summed E-state index contributed by atoms with van der Waals surface area (Å²) in [6, 6.07) is 15.0. The van der Waals surface area contributed by atoms with Gasteiger partial charge in [-0.1, -0.05) is 12.1 Å². The van der Waals surface area contributed by atoms with Crippen molar-refractivity contribution >= 4 is 5.69 Å². The average Bonchev–Trinajstić information content (AvgIpc) is 3.61. The van der Waals surface area contributed by atoms with E-state index >= 15 is 0 Å². The number of pyridine rings is 1. The molecule has 0 amide bonds. The maximum Gasteiger partial charge on any atom is 0.133 e. The molecule has 178 valence electrons. The van der Waals surface area contributed by atoms with E-state index in [0.29, 0.717) is 13.0 Å². The van der Waals surface area contributed by atoms with Crippen LogP contribution in [0.3, 0.4) is 0 Å². The van der Waals surface area contributed by atoms with Crippen LogP contribution in [0.15, 0.2) is 67.3 Å². The van der Waals surface area contributed by atoms with Gasteiger partial charge in [0.05, 0.1) is 18.3 Å². The second-order valence-electron chi connectivity index (χ2n) is 9.07. The standard InChI is InChI=1S/C27H29N7O/c1-2-21(17-29-9-1)27-24(18-34(32-27)23-8-15-35-19-23)25-7-10-30-26(31-25)16-20-3-5-22(6-4-20)33-13-11-28-12-14-33/h1-7,9-10,17-18,23,28H,8,11-16,19H2. The number of nitrogens with zero attached hydrogens (tertiary/aromatic N) is 6. The lowest BCUT2D eigenvalue weighted by Gasteiger charge is -2.29. The Bertz CT molecular complexity index is 1260. The molecule has 2 aliphatic heterocycles. The van der Waals surface area contributed by atoms with Crippen LogP contribution in [-0.2, 0) is 11.2 Å². The minimum absolute atomic E-state index is 0.245. The number of nitrogens with one attached hydrogen (secondary N) is 1. The van der Waals surface area contributed by atoms with E-state index in [1.54, 1.807) is 6.20 Å². The molecule has 3 aromatic heterocycles. The SMILES string of the molecule is c1cncc(-c2nn(C3CCOC3)cc2-c2ccnc(Cc3ccc(N4CCNCC4)cc3)n2)c1. The molecule has 6 rings (SSSR count). The van der Waals surface area contributed by atoms with Crippen LogP contribution in [0.2, 0.25) is 0 Å². The van der Waals surface area contributed by atoms with Crippen molar-refractivity contribution in [3.63, 3.8) is 0 Å². The van der Waals surface area contributed by atoms with Gasteiger partial charge in [0.25, 0.3) is 0 Å². The number of anilines is 1. The minimum Gasteiger partial charge on any atom is -0.379 e. The summed E-state index contributed by atoms with van der Waals surface area (Å²) in [5.74, 6) is 0.798. The highest BCUT2D eigenvalue weighted by molar-refractivity contribution is 5.78. The molecule has 8 nitrogen and oxygen atoms in total. The smallest absolute Gasteiger partial charge is 0.133 e. The molecule has 4 aromatic rings. The predicted molar refractivity (Wildman–Crippen MR) is 135 cm³/mol. The zero-order valence-corrected chi connectivity index (χ0v) is 19.7. The van der Waals surface area contributed by atoms with Gasteiger partial charge in [-0.25, -0.2) is 9.97 Å². The van der Waals surface area contributed by atoms with Crippen LogP contribution >= 0.6 is 0 Å². The first-order valence-electron chi connectivity index (χ1n) is 12.3. The molecule has 5 heterocycles. The van der Waals surface area contributed by atoms with Gasteiger partial charge in [0.1, 0.15) is 11.5 Å². The molecule has 0 aliphatic carbocycles. The number of aromatic nitrogens is 5. The maximum absolute atomic E-state index is 5.60. The largest absolute Gasteiger partial charge is 0.379 e. The maximum atomic E-state index is 5.60. The van der Waals surface area contributed by atoms with Crippen molar-refractivity contribution in [2.24, 2.45) is 0 Å². The number of benzene rings is 1. The summed E-state index contributed by atoms with van der Waals surface area (Å²) in [6.45, 7) is 5.62. The summed E-state index contributed by atoms with van der Waals surface area (Å²) >= 11 is 0. The third kappa shape index (κ3) is 4.80. The highest BCUT2D eigenvalue weighted by Gasteiger charge is 2.22. The van der Waals surface area contributed by atoms with E-state index < -0.39 is 0 Å². The van der Waals surface area contributed by atoms with Crippen molar-refractivity contribution in [1.29, 1.82) is 0 Å². The molecule has 1 N–H and O–H groups in total. The Balaban J connectivity index is 1.27. The Morgan fingerprint density at radius 2 is 1.91 bits per heavy atom. The van der Waals surface area contributed by atoms with Crippen LogP contribution in [0.4, 0.5) is 5.69 Å². The molecule has 1 aromatic carbocycles. The summed E-state index contributed by atoms with van der Waals surface area (Å²) in [4.78, 5) is 16.2. The number of rotatable bonds is 6. The molecule has 35 heavy (non-hydrogen) atoms. The molecule has 2 saturated heterocycles. The van der Waals surface area contributed by atoms with E-state index in [2.05, 4.69) is 50.6 Å². The van der Waals surface area contributed by atoms with Crippen LogP contribution in [0.5, 0.6) is 0 Å². The van der Waals surface area contributed by atoms with Gasteiger partial charge in [-0.2, -0.15) is 5.10 Å². The van der Waals surface area contributed by atoms with Gasteiger partial charge in [-0.05, 0) is 42.3 Å². The number of ether oxygens (including phenoxy) is 1. The lowest BCUT2D eigenvalue weighted by molar-refractivity contribution is 0.184. The van der Waals surface area contributed by atoms with E-state index in [0.717, 1.165) is 67.5 Å². The monoisotopic (exact) mass is 467 g/mol. The Hall–Kier alpha value is -3.62. The molecular formula is C27H29N7O. The van der Waals surface area contributed by atoms with Gasteiger partial charge in [-0.15, -0.1) is 0 Å². The lowest BCUT2D eigenvalue weighted by atomic mass is 10.1. The van der Waals surface area contributed by atoms with E-state index in [1.807, 2.05) is 35.3 Å². The van der Waals surface area contributed by atoms with E-state index in [4.69, 9.17) is 14.8 Å². The second kappa shape index (κ2) is 9.93. The fraction of sp³-hybridized carbons (Fsp3) is 0.333. The fourth-order valence-electron chi connectivity index (χ4n) is 4.78. The molecule has 0 spiro atoms. The zero-order chi connectivity index (χ0) is 23.5. The van der Waals surface area contributed by atoms with Crippen molar-refractivity contribution in [1.82, 2.24) is 30.0 Å². The molecule has 2 aliphatic rings. The van der Waals surface area contributed by atoms with E-state index in [-0.39, 0.29) is 6.04 Å². The molecule has 0 saturated carbocycles. The number of hydrogen-bond donors (Lipinski definition) is 1. The number of hydrogen-bond acceptors (Lipinski definition) is 7. The second-order valence-corrected chi connectivity index (χ2v) is 9.07.